The van der Waals surface area contributed by atoms with Gasteiger partial charge in [0.2, 0.25) is 0 Å². The van der Waals surface area contributed by atoms with Crippen LogP contribution in [0.4, 0.5) is 0 Å². The predicted octanol–water partition coefficient (Wildman–Crippen LogP) is 4.86. The first-order valence-electron chi connectivity index (χ1n) is 8.98. The van der Waals surface area contributed by atoms with Gasteiger partial charge in [-0.1, -0.05) is 43.2 Å². The van der Waals surface area contributed by atoms with Crippen LogP contribution in [0.3, 0.4) is 0 Å². The van der Waals surface area contributed by atoms with Gasteiger partial charge >= 0.3 is 0 Å². The molecule has 132 valence electrons. The van der Waals surface area contributed by atoms with E-state index in [-0.39, 0.29) is 22.8 Å². The molecule has 1 aromatic rings. The lowest BCUT2D eigenvalue weighted by Gasteiger charge is -2.38. The van der Waals surface area contributed by atoms with Crippen LogP contribution in [-0.2, 0) is 14.3 Å². The van der Waals surface area contributed by atoms with Gasteiger partial charge in [-0.3, -0.25) is 4.18 Å². The molecular formula is C20H28O3S. The molecule has 3 nitrogen and oxygen atoms in total. The smallest absolute Gasteiger partial charge is 0.266 e. The van der Waals surface area contributed by atoms with E-state index in [1.54, 1.807) is 29.8 Å². The fourth-order valence-electron chi connectivity index (χ4n) is 4.58. The van der Waals surface area contributed by atoms with Crippen LogP contribution in [0.2, 0.25) is 0 Å². The second-order valence-electron chi connectivity index (χ2n) is 7.71. The van der Waals surface area contributed by atoms with E-state index in [9.17, 15) is 8.42 Å². The number of hydrogen-bond donors (Lipinski definition) is 0. The van der Waals surface area contributed by atoms with Crippen LogP contribution in [0.5, 0.6) is 0 Å². The van der Waals surface area contributed by atoms with E-state index >= 15 is 0 Å². The molecule has 0 bridgehead atoms. The van der Waals surface area contributed by atoms with Crippen molar-refractivity contribution in [2.24, 2.45) is 17.3 Å². The predicted molar refractivity (Wildman–Crippen MR) is 96.2 cm³/mol. The third-order valence-corrected chi connectivity index (χ3v) is 7.35. The van der Waals surface area contributed by atoms with Gasteiger partial charge in [-0.25, -0.2) is 0 Å². The number of hydrogen-bond acceptors (Lipinski definition) is 3. The molecule has 0 aliphatic heterocycles. The molecule has 1 saturated carbocycles. The van der Waals surface area contributed by atoms with Gasteiger partial charge in [0.15, 0.2) is 0 Å². The third-order valence-electron chi connectivity index (χ3n) is 6.05. The Morgan fingerprint density at radius 3 is 2.71 bits per heavy atom. The molecule has 3 atom stereocenters. The van der Waals surface area contributed by atoms with E-state index in [1.807, 2.05) is 6.92 Å². The summed E-state index contributed by atoms with van der Waals surface area (Å²) in [5.41, 5.74) is 2.87. The van der Waals surface area contributed by atoms with Crippen LogP contribution in [-0.4, -0.2) is 15.0 Å². The van der Waals surface area contributed by atoms with Gasteiger partial charge in [-0.15, -0.1) is 0 Å². The number of fused-ring (bicyclic) bond motifs is 1. The first-order chi connectivity index (χ1) is 11.3. The van der Waals surface area contributed by atoms with Crippen molar-refractivity contribution in [3.8, 4) is 0 Å². The van der Waals surface area contributed by atoms with E-state index in [1.165, 1.54) is 19.3 Å². The van der Waals surface area contributed by atoms with Crippen molar-refractivity contribution in [1.82, 2.24) is 0 Å². The van der Waals surface area contributed by atoms with Crippen molar-refractivity contribution >= 4 is 10.1 Å². The molecule has 0 N–H and O–H groups in total. The minimum Gasteiger partial charge on any atom is -0.266 e. The fourth-order valence-corrected chi connectivity index (χ4v) is 5.58. The molecule has 2 aliphatic rings. The maximum Gasteiger partial charge on any atom is 0.296 e. The second-order valence-corrected chi connectivity index (χ2v) is 9.33. The molecule has 0 amide bonds. The maximum atomic E-state index is 12.4. The molecule has 3 rings (SSSR count). The summed E-state index contributed by atoms with van der Waals surface area (Å²) in [6, 6.07) is 6.84. The Labute approximate surface area is 146 Å². The van der Waals surface area contributed by atoms with Crippen LogP contribution in [0, 0.1) is 24.2 Å². The standard InChI is InChI=1S/C20H28O3S/c1-15-7-10-18(11-8-15)24(21,22)23-14-16(2)19-12-9-17-6-4-5-13-20(17,19)3/h6-8,10-11,16,19H,4-5,9,12-14H2,1-3H3/t16-,19+,20-/m0/s1. The Kier molecular flexibility index (Phi) is 4.89. The van der Waals surface area contributed by atoms with Crippen LogP contribution in [0.25, 0.3) is 0 Å². The summed E-state index contributed by atoms with van der Waals surface area (Å²) in [5.74, 6) is 0.747. The zero-order chi connectivity index (χ0) is 17.4. The van der Waals surface area contributed by atoms with Gasteiger partial charge in [-0.2, -0.15) is 8.42 Å². The monoisotopic (exact) mass is 348 g/mol. The van der Waals surface area contributed by atoms with E-state index in [0.29, 0.717) is 5.92 Å². The normalized spacial score (nSPS) is 28.3. The minimum atomic E-state index is -3.67. The average molecular weight is 349 g/mol. The summed E-state index contributed by atoms with van der Waals surface area (Å²) in [5, 5.41) is 0. The number of aryl methyl sites for hydroxylation is 1. The van der Waals surface area contributed by atoms with Crippen molar-refractivity contribution in [1.29, 1.82) is 0 Å². The van der Waals surface area contributed by atoms with E-state index in [4.69, 9.17) is 4.18 Å². The van der Waals surface area contributed by atoms with Gasteiger partial charge in [0.05, 0.1) is 11.5 Å². The molecule has 0 spiro atoms. The van der Waals surface area contributed by atoms with Crippen LogP contribution in [0.1, 0.15) is 51.5 Å². The Morgan fingerprint density at radius 1 is 1.29 bits per heavy atom. The largest absolute Gasteiger partial charge is 0.296 e. The zero-order valence-corrected chi connectivity index (χ0v) is 15.7. The highest BCUT2D eigenvalue weighted by atomic mass is 32.2. The molecule has 0 unspecified atom stereocenters. The highest BCUT2D eigenvalue weighted by Gasteiger charge is 2.45. The lowest BCUT2D eigenvalue weighted by atomic mass is 9.67. The SMILES string of the molecule is Cc1ccc(S(=O)(=O)OC[C@H](C)[C@H]2CCC3=CCCC[C@@]32C)cc1. The molecule has 1 aromatic carbocycles. The van der Waals surface area contributed by atoms with Crippen molar-refractivity contribution in [2.45, 2.75) is 57.8 Å². The van der Waals surface area contributed by atoms with E-state index in [2.05, 4.69) is 19.9 Å². The summed E-state index contributed by atoms with van der Waals surface area (Å²) in [6.07, 6.45) is 8.39. The van der Waals surface area contributed by atoms with Crippen LogP contribution in [0.15, 0.2) is 40.8 Å². The van der Waals surface area contributed by atoms with E-state index in [0.717, 1.165) is 18.4 Å². The Bertz CT molecular complexity index is 718. The molecule has 1 fully saturated rings. The van der Waals surface area contributed by atoms with Crippen molar-refractivity contribution in [3.05, 3.63) is 41.5 Å². The first-order valence-corrected chi connectivity index (χ1v) is 10.4. The molecule has 0 heterocycles. The highest BCUT2D eigenvalue weighted by Crippen LogP contribution is 2.55. The highest BCUT2D eigenvalue weighted by molar-refractivity contribution is 7.86. The van der Waals surface area contributed by atoms with Crippen LogP contribution < -0.4 is 0 Å². The quantitative estimate of drug-likeness (QED) is 0.563. The molecule has 4 heteroatoms. The third kappa shape index (κ3) is 3.31. The second kappa shape index (κ2) is 6.64. The van der Waals surface area contributed by atoms with Crippen molar-refractivity contribution < 1.29 is 12.6 Å². The minimum absolute atomic E-state index is 0.235. The molecule has 24 heavy (non-hydrogen) atoms. The Hall–Kier alpha value is -1.13. The fraction of sp³-hybridized carbons (Fsp3) is 0.600. The maximum absolute atomic E-state index is 12.4. The lowest BCUT2D eigenvalue weighted by Crippen LogP contribution is -2.32. The Balaban J connectivity index is 1.67. The summed E-state index contributed by atoms with van der Waals surface area (Å²) < 4.78 is 30.2. The summed E-state index contributed by atoms with van der Waals surface area (Å²) in [7, 11) is -3.67. The van der Waals surface area contributed by atoms with Gasteiger partial charge in [0.1, 0.15) is 0 Å². The Morgan fingerprint density at radius 2 is 2.00 bits per heavy atom. The van der Waals surface area contributed by atoms with Crippen molar-refractivity contribution in [3.63, 3.8) is 0 Å². The molecule has 0 saturated heterocycles. The van der Waals surface area contributed by atoms with Gasteiger partial charge < -0.3 is 0 Å². The summed E-state index contributed by atoms with van der Waals surface area (Å²) >= 11 is 0. The summed E-state index contributed by atoms with van der Waals surface area (Å²) in [4.78, 5) is 0.246. The van der Waals surface area contributed by atoms with Gasteiger partial charge in [0.25, 0.3) is 10.1 Å². The van der Waals surface area contributed by atoms with E-state index < -0.39 is 10.1 Å². The topological polar surface area (TPSA) is 43.4 Å². The number of rotatable bonds is 5. The molecular weight excluding hydrogens is 320 g/mol. The number of benzene rings is 1. The zero-order valence-electron chi connectivity index (χ0n) is 14.9. The number of allylic oxidation sites excluding steroid dienone is 2. The first kappa shape index (κ1) is 17.7. The molecule has 2 aliphatic carbocycles. The van der Waals surface area contributed by atoms with Crippen LogP contribution >= 0.6 is 0 Å². The average Bonchev–Trinajstić information content (AvgIpc) is 2.90. The van der Waals surface area contributed by atoms with Crippen molar-refractivity contribution in [2.75, 3.05) is 6.61 Å². The summed E-state index contributed by atoms with van der Waals surface area (Å²) in [6.45, 7) is 6.71. The lowest BCUT2D eigenvalue weighted by molar-refractivity contribution is 0.129. The molecule has 0 aromatic heterocycles. The van der Waals surface area contributed by atoms with Gasteiger partial charge in [-0.05, 0) is 68.4 Å². The molecule has 0 radical (unpaired) electrons. The van der Waals surface area contributed by atoms with Gasteiger partial charge in [0, 0.05) is 0 Å².